The lowest BCUT2D eigenvalue weighted by atomic mass is 10.1. The molecule has 1 aliphatic rings. The van der Waals surface area contributed by atoms with Crippen LogP contribution in [-0.4, -0.2) is 45.6 Å². The molecule has 1 unspecified atom stereocenters. The Morgan fingerprint density at radius 1 is 1.62 bits per heavy atom. The van der Waals surface area contributed by atoms with Gasteiger partial charge in [-0.3, -0.25) is 4.79 Å². The van der Waals surface area contributed by atoms with Crippen LogP contribution in [0.25, 0.3) is 0 Å². The highest BCUT2D eigenvalue weighted by atomic mass is 32.2. The smallest absolute Gasteiger partial charge is 0.327 e. The molecule has 1 fully saturated rings. The Morgan fingerprint density at radius 2 is 2.31 bits per heavy atom. The van der Waals surface area contributed by atoms with Crippen molar-refractivity contribution in [2.45, 2.75) is 38.3 Å². The summed E-state index contributed by atoms with van der Waals surface area (Å²) in [5.41, 5.74) is 5.58. The fourth-order valence-corrected chi connectivity index (χ4v) is 2.78. The Kier molecular flexibility index (Phi) is 5.08. The van der Waals surface area contributed by atoms with E-state index < -0.39 is 12.0 Å². The van der Waals surface area contributed by atoms with E-state index in [4.69, 9.17) is 10.8 Å². The summed E-state index contributed by atoms with van der Waals surface area (Å²) in [6, 6.07) is -0.552. The van der Waals surface area contributed by atoms with E-state index in [1.165, 1.54) is 16.7 Å². The van der Waals surface area contributed by atoms with Crippen LogP contribution in [0.2, 0.25) is 0 Å². The van der Waals surface area contributed by atoms with Gasteiger partial charge >= 0.3 is 5.97 Å². The van der Waals surface area contributed by atoms with Crippen molar-refractivity contribution in [1.82, 2.24) is 4.90 Å². The summed E-state index contributed by atoms with van der Waals surface area (Å²) in [7, 11) is 0. The number of rotatable bonds is 5. The first-order valence-corrected chi connectivity index (χ1v) is 6.53. The topological polar surface area (TPSA) is 83.6 Å². The van der Waals surface area contributed by atoms with E-state index in [0.717, 1.165) is 12.8 Å². The van der Waals surface area contributed by atoms with Crippen LogP contribution in [0.1, 0.15) is 26.2 Å². The van der Waals surface area contributed by atoms with Crippen LogP contribution in [0.3, 0.4) is 0 Å². The molecule has 1 saturated heterocycles. The summed E-state index contributed by atoms with van der Waals surface area (Å²) in [4.78, 5) is 24.1. The zero-order valence-corrected chi connectivity index (χ0v) is 10.2. The second-order valence-electron chi connectivity index (χ2n) is 4.09. The van der Waals surface area contributed by atoms with Crippen LogP contribution in [0.15, 0.2) is 0 Å². The van der Waals surface area contributed by atoms with E-state index in [-0.39, 0.29) is 11.9 Å². The van der Waals surface area contributed by atoms with Crippen molar-refractivity contribution in [3.63, 3.8) is 0 Å². The third kappa shape index (κ3) is 3.68. The van der Waals surface area contributed by atoms with Gasteiger partial charge in [0, 0.05) is 18.2 Å². The molecule has 0 aliphatic carbocycles. The van der Waals surface area contributed by atoms with Gasteiger partial charge < -0.3 is 15.7 Å². The number of carbonyl (C=O) groups is 2. The third-order valence-electron chi connectivity index (χ3n) is 2.54. The molecular formula is C10H18N2O3S. The molecule has 1 aliphatic heterocycles. The second-order valence-corrected chi connectivity index (χ2v) is 5.09. The minimum atomic E-state index is -0.912. The van der Waals surface area contributed by atoms with Crippen LogP contribution >= 0.6 is 11.8 Å². The summed E-state index contributed by atoms with van der Waals surface area (Å²) in [5.74, 6) is 0.00565. The molecule has 1 heterocycles. The van der Waals surface area contributed by atoms with Gasteiger partial charge in [-0.15, -0.1) is 11.8 Å². The zero-order chi connectivity index (χ0) is 12.1. The normalized spacial score (nSPS) is 22.1. The monoisotopic (exact) mass is 246 g/mol. The number of nitrogens with zero attached hydrogens (tertiary/aromatic N) is 1. The Balaban J connectivity index is 2.38. The molecule has 2 atom stereocenters. The van der Waals surface area contributed by atoms with E-state index in [1.54, 1.807) is 0 Å². The highest BCUT2D eigenvalue weighted by Gasteiger charge is 2.33. The van der Waals surface area contributed by atoms with E-state index in [0.29, 0.717) is 18.1 Å². The number of nitrogens with two attached hydrogens (primary N) is 1. The van der Waals surface area contributed by atoms with E-state index >= 15 is 0 Å². The fourth-order valence-electron chi connectivity index (χ4n) is 1.61. The average Bonchev–Trinajstić information content (AvgIpc) is 2.65. The largest absolute Gasteiger partial charge is 0.480 e. The first-order chi connectivity index (χ1) is 7.52. The molecular weight excluding hydrogens is 228 g/mol. The summed E-state index contributed by atoms with van der Waals surface area (Å²) < 4.78 is 0. The predicted octanol–water partition coefficient (Wildman–Crippen LogP) is 0.490. The zero-order valence-electron chi connectivity index (χ0n) is 9.39. The third-order valence-corrected chi connectivity index (χ3v) is 3.55. The van der Waals surface area contributed by atoms with E-state index in [2.05, 4.69) is 0 Å². The minimum Gasteiger partial charge on any atom is -0.480 e. The number of carboxylic acids is 1. The number of hydrogen-bond acceptors (Lipinski definition) is 4. The SMILES string of the molecule is CC(N)CCCC(=O)N1CSC[C@H]1C(=O)O. The van der Waals surface area contributed by atoms with Crippen molar-refractivity contribution in [1.29, 1.82) is 0 Å². The Hall–Kier alpha value is -0.750. The van der Waals surface area contributed by atoms with Crippen molar-refractivity contribution < 1.29 is 14.7 Å². The molecule has 0 bridgehead atoms. The van der Waals surface area contributed by atoms with Crippen molar-refractivity contribution in [2.24, 2.45) is 5.73 Å². The second kappa shape index (κ2) is 6.10. The highest BCUT2D eigenvalue weighted by Crippen LogP contribution is 2.22. The maximum atomic E-state index is 11.8. The lowest BCUT2D eigenvalue weighted by Crippen LogP contribution is -2.41. The Morgan fingerprint density at radius 3 is 2.88 bits per heavy atom. The van der Waals surface area contributed by atoms with Crippen molar-refractivity contribution in [2.75, 3.05) is 11.6 Å². The minimum absolute atomic E-state index is 0.0712. The standard InChI is InChI=1S/C10H18N2O3S/c1-7(11)3-2-4-9(13)12-6-16-5-8(12)10(14)15/h7-8H,2-6,11H2,1H3,(H,14,15)/t7?,8-/m0/s1. The van der Waals surface area contributed by atoms with Crippen LogP contribution in [0, 0.1) is 0 Å². The maximum Gasteiger partial charge on any atom is 0.327 e. The van der Waals surface area contributed by atoms with Gasteiger partial charge in [-0.25, -0.2) is 4.79 Å². The Labute approximate surface area is 99.4 Å². The molecule has 0 radical (unpaired) electrons. The van der Waals surface area contributed by atoms with Crippen LogP contribution in [0.4, 0.5) is 0 Å². The summed E-state index contributed by atoms with van der Waals surface area (Å²) >= 11 is 1.49. The predicted molar refractivity (Wildman–Crippen MR) is 63.1 cm³/mol. The molecule has 0 spiro atoms. The number of carbonyl (C=O) groups excluding carboxylic acids is 1. The molecule has 92 valence electrons. The van der Waals surface area contributed by atoms with Gasteiger partial charge in [0.25, 0.3) is 0 Å². The molecule has 16 heavy (non-hydrogen) atoms. The number of aliphatic carboxylic acids is 1. The first kappa shape index (κ1) is 13.3. The summed E-state index contributed by atoms with van der Waals surface area (Å²) in [5, 5.41) is 8.92. The molecule has 0 aromatic carbocycles. The van der Waals surface area contributed by atoms with E-state index in [1.807, 2.05) is 6.92 Å². The number of carboxylic acid groups (broad SMARTS) is 1. The summed E-state index contributed by atoms with van der Waals surface area (Å²) in [6.45, 7) is 1.90. The van der Waals surface area contributed by atoms with Crippen LogP contribution < -0.4 is 5.73 Å². The quantitative estimate of drug-likeness (QED) is 0.737. The Bertz CT molecular complexity index is 271. The van der Waals surface area contributed by atoms with E-state index in [9.17, 15) is 9.59 Å². The van der Waals surface area contributed by atoms with Crippen molar-refractivity contribution in [3.05, 3.63) is 0 Å². The molecule has 1 rings (SSSR count). The lowest BCUT2D eigenvalue weighted by molar-refractivity contribution is -0.147. The average molecular weight is 246 g/mol. The number of thioether (sulfide) groups is 1. The highest BCUT2D eigenvalue weighted by molar-refractivity contribution is 7.99. The van der Waals surface area contributed by atoms with Gasteiger partial charge in [0.05, 0.1) is 5.88 Å². The van der Waals surface area contributed by atoms with Crippen LogP contribution in [0.5, 0.6) is 0 Å². The van der Waals surface area contributed by atoms with Gasteiger partial charge in [-0.1, -0.05) is 0 Å². The number of hydrogen-bond donors (Lipinski definition) is 2. The summed E-state index contributed by atoms with van der Waals surface area (Å²) in [6.07, 6.45) is 1.92. The molecule has 1 amide bonds. The van der Waals surface area contributed by atoms with Gasteiger partial charge in [0.1, 0.15) is 6.04 Å². The van der Waals surface area contributed by atoms with Gasteiger partial charge in [0.15, 0.2) is 0 Å². The number of amides is 1. The fraction of sp³-hybridized carbons (Fsp3) is 0.800. The van der Waals surface area contributed by atoms with Crippen molar-refractivity contribution >= 4 is 23.6 Å². The molecule has 3 N–H and O–H groups in total. The molecule has 6 heteroatoms. The van der Waals surface area contributed by atoms with Crippen molar-refractivity contribution in [3.8, 4) is 0 Å². The molecule has 0 aromatic heterocycles. The molecule has 0 saturated carbocycles. The van der Waals surface area contributed by atoms with Crippen LogP contribution in [-0.2, 0) is 9.59 Å². The van der Waals surface area contributed by atoms with Gasteiger partial charge in [0.2, 0.25) is 5.91 Å². The maximum absolute atomic E-state index is 11.8. The van der Waals surface area contributed by atoms with Gasteiger partial charge in [-0.2, -0.15) is 0 Å². The first-order valence-electron chi connectivity index (χ1n) is 5.38. The molecule has 0 aromatic rings. The molecule has 5 nitrogen and oxygen atoms in total. The lowest BCUT2D eigenvalue weighted by Gasteiger charge is -2.20. The van der Waals surface area contributed by atoms with Gasteiger partial charge in [-0.05, 0) is 19.8 Å².